The number of nitrogens with two attached hydrogens (primary N) is 1. The van der Waals surface area contributed by atoms with E-state index in [9.17, 15) is 4.79 Å². The minimum atomic E-state index is 0.134. The fraction of sp³-hybridized carbons (Fsp3) is 0.476. The molecule has 5 heteroatoms. The predicted molar refractivity (Wildman–Crippen MR) is 102 cm³/mol. The zero-order valence-electron chi connectivity index (χ0n) is 15.7. The van der Waals surface area contributed by atoms with Gasteiger partial charge in [-0.15, -0.1) is 0 Å². The molecule has 2 N–H and O–H groups in total. The average Bonchev–Trinajstić information content (AvgIpc) is 2.84. The molecule has 2 fully saturated rings. The van der Waals surface area contributed by atoms with E-state index in [4.69, 9.17) is 5.73 Å². The third kappa shape index (κ3) is 3.06. The monoisotopic (exact) mass is 350 g/mol. The largest absolute Gasteiger partial charge is 0.368 e. The molecule has 0 unspecified atom stereocenters. The van der Waals surface area contributed by atoms with Crippen LogP contribution in [0.4, 0.5) is 5.95 Å². The molecule has 1 saturated carbocycles. The summed E-state index contributed by atoms with van der Waals surface area (Å²) >= 11 is 0. The second kappa shape index (κ2) is 5.79. The van der Waals surface area contributed by atoms with Gasteiger partial charge in [0.05, 0.1) is 0 Å². The summed E-state index contributed by atoms with van der Waals surface area (Å²) in [5, 5.41) is 0. The molecule has 1 aliphatic heterocycles. The molecule has 1 amide bonds. The van der Waals surface area contributed by atoms with Gasteiger partial charge in [-0.2, -0.15) is 0 Å². The Labute approximate surface area is 154 Å². The van der Waals surface area contributed by atoms with Crippen LogP contribution in [0, 0.1) is 10.8 Å². The van der Waals surface area contributed by atoms with Crippen molar-refractivity contribution in [3.05, 3.63) is 42.2 Å². The van der Waals surface area contributed by atoms with Gasteiger partial charge >= 0.3 is 0 Å². The second-order valence-electron chi connectivity index (χ2n) is 9.06. The highest BCUT2D eigenvalue weighted by molar-refractivity contribution is 5.96. The van der Waals surface area contributed by atoms with E-state index in [1.54, 1.807) is 12.4 Å². The van der Waals surface area contributed by atoms with Crippen molar-refractivity contribution in [1.29, 1.82) is 0 Å². The Morgan fingerprint density at radius 3 is 2.62 bits per heavy atom. The molecule has 1 aromatic heterocycles. The smallest absolute Gasteiger partial charge is 0.254 e. The topological polar surface area (TPSA) is 72.1 Å². The molecular formula is C21H26N4O. The standard InChI is InChI=1S/C21H26N4O/c1-20(2)8-17-9-21(3,12-20)13-25(17)18(26)15-6-4-5-14(7-15)16-10-23-19(22)24-11-16/h4-7,10-11,17H,8-9,12-13H2,1-3H3,(H2,22,23,24)/t17-,21-/m1/s1. The third-order valence-corrected chi connectivity index (χ3v) is 5.79. The zero-order valence-corrected chi connectivity index (χ0v) is 15.7. The lowest BCUT2D eigenvalue weighted by Crippen LogP contribution is -2.37. The number of nitrogen functional groups attached to an aromatic ring is 1. The number of amides is 1. The van der Waals surface area contributed by atoms with Crippen LogP contribution in [0.25, 0.3) is 11.1 Å². The lowest BCUT2D eigenvalue weighted by atomic mass is 9.65. The molecule has 2 bridgehead atoms. The molecule has 0 spiro atoms. The first-order valence-electron chi connectivity index (χ1n) is 9.24. The molecule has 1 aliphatic carbocycles. The van der Waals surface area contributed by atoms with E-state index in [0.29, 0.717) is 11.5 Å². The maximum atomic E-state index is 13.3. The van der Waals surface area contributed by atoms with Gasteiger partial charge in [0.1, 0.15) is 0 Å². The Morgan fingerprint density at radius 2 is 1.88 bits per heavy atom. The Balaban J connectivity index is 1.61. The van der Waals surface area contributed by atoms with E-state index >= 15 is 0 Å². The van der Waals surface area contributed by atoms with Crippen molar-refractivity contribution in [2.45, 2.75) is 46.1 Å². The Bertz CT molecular complexity index is 845. The molecule has 2 aromatic rings. The minimum Gasteiger partial charge on any atom is -0.368 e. The van der Waals surface area contributed by atoms with E-state index in [1.165, 1.54) is 6.42 Å². The highest BCUT2D eigenvalue weighted by Crippen LogP contribution is 2.52. The Morgan fingerprint density at radius 1 is 1.15 bits per heavy atom. The number of benzene rings is 1. The Hall–Kier alpha value is -2.43. The average molecular weight is 350 g/mol. The van der Waals surface area contributed by atoms with E-state index < -0.39 is 0 Å². The number of anilines is 1. The van der Waals surface area contributed by atoms with E-state index in [2.05, 4.69) is 35.6 Å². The molecule has 136 valence electrons. The third-order valence-electron chi connectivity index (χ3n) is 5.79. The van der Waals surface area contributed by atoms with Gasteiger partial charge in [-0.05, 0) is 47.8 Å². The van der Waals surface area contributed by atoms with Gasteiger partial charge < -0.3 is 10.6 Å². The maximum absolute atomic E-state index is 13.3. The van der Waals surface area contributed by atoms with Crippen LogP contribution in [0.15, 0.2) is 36.7 Å². The van der Waals surface area contributed by atoms with Crippen LogP contribution < -0.4 is 5.73 Å². The van der Waals surface area contributed by atoms with Gasteiger partial charge in [0, 0.05) is 36.1 Å². The van der Waals surface area contributed by atoms with Crippen LogP contribution in [0.1, 0.15) is 50.4 Å². The van der Waals surface area contributed by atoms with Gasteiger partial charge in [-0.3, -0.25) is 4.79 Å². The van der Waals surface area contributed by atoms with Gasteiger partial charge in [-0.1, -0.05) is 32.9 Å². The molecule has 1 aromatic carbocycles. The van der Waals surface area contributed by atoms with Gasteiger partial charge in [0.25, 0.3) is 5.91 Å². The molecule has 4 rings (SSSR count). The first-order chi connectivity index (χ1) is 12.2. The van der Waals surface area contributed by atoms with Crippen molar-refractivity contribution >= 4 is 11.9 Å². The minimum absolute atomic E-state index is 0.134. The highest BCUT2D eigenvalue weighted by atomic mass is 16.2. The van der Waals surface area contributed by atoms with Crippen LogP contribution in [0.5, 0.6) is 0 Å². The summed E-state index contributed by atoms with van der Waals surface area (Å²) in [5.41, 5.74) is 8.64. The lowest BCUT2D eigenvalue weighted by Gasteiger charge is -2.39. The molecule has 2 atom stereocenters. The van der Waals surface area contributed by atoms with Crippen LogP contribution in [0.2, 0.25) is 0 Å². The van der Waals surface area contributed by atoms with Crippen LogP contribution in [0.3, 0.4) is 0 Å². The number of carbonyl (C=O) groups excluding carboxylic acids is 1. The van der Waals surface area contributed by atoms with Crippen molar-refractivity contribution in [2.24, 2.45) is 10.8 Å². The summed E-state index contributed by atoms with van der Waals surface area (Å²) in [6, 6.07) is 8.08. The maximum Gasteiger partial charge on any atom is 0.254 e. The summed E-state index contributed by atoms with van der Waals surface area (Å²) in [6.07, 6.45) is 6.77. The fourth-order valence-electron chi connectivity index (χ4n) is 5.18. The van der Waals surface area contributed by atoms with Gasteiger partial charge in [0.2, 0.25) is 5.95 Å². The molecule has 2 heterocycles. The quantitative estimate of drug-likeness (QED) is 0.895. The molecule has 1 saturated heterocycles. The number of nitrogens with zero attached hydrogens (tertiary/aromatic N) is 3. The summed E-state index contributed by atoms with van der Waals surface area (Å²) in [5.74, 6) is 0.385. The summed E-state index contributed by atoms with van der Waals surface area (Å²) < 4.78 is 0. The summed E-state index contributed by atoms with van der Waals surface area (Å²) in [6.45, 7) is 7.84. The fourth-order valence-corrected chi connectivity index (χ4v) is 5.18. The van der Waals surface area contributed by atoms with Crippen molar-refractivity contribution in [2.75, 3.05) is 12.3 Å². The second-order valence-corrected chi connectivity index (χ2v) is 9.06. The number of hydrogen-bond donors (Lipinski definition) is 1. The van der Waals surface area contributed by atoms with E-state index in [-0.39, 0.29) is 17.3 Å². The number of carbonyl (C=O) groups is 1. The van der Waals surface area contributed by atoms with Crippen LogP contribution in [-0.2, 0) is 0 Å². The van der Waals surface area contributed by atoms with Gasteiger partial charge in [-0.25, -0.2) is 9.97 Å². The number of fused-ring (bicyclic) bond motifs is 2. The molecular weight excluding hydrogens is 324 g/mol. The van der Waals surface area contributed by atoms with Crippen molar-refractivity contribution in [3.63, 3.8) is 0 Å². The lowest BCUT2D eigenvalue weighted by molar-refractivity contribution is 0.0708. The molecule has 2 aliphatic rings. The predicted octanol–water partition coefficient (Wildman–Crippen LogP) is 3.77. The van der Waals surface area contributed by atoms with E-state index in [0.717, 1.165) is 36.1 Å². The Kier molecular flexibility index (Phi) is 3.79. The van der Waals surface area contributed by atoms with E-state index in [1.807, 2.05) is 24.3 Å². The normalized spacial score (nSPS) is 26.7. The SMILES string of the molecule is CC1(C)C[C@@H]2C[C@@](C)(CN2C(=O)c2cccc(-c3cnc(N)nc3)c2)C1. The highest BCUT2D eigenvalue weighted by Gasteiger charge is 2.51. The number of rotatable bonds is 2. The zero-order chi connectivity index (χ0) is 18.5. The molecule has 0 radical (unpaired) electrons. The van der Waals surface area contributed by atoms with Crippen LogP contribution >= 0.6 is 0 Å². The number of aromatic nitrogens is 2. The van der Waals surface area contributed by atoms with Crippen LogP contribution in [-0.4, -0.2) is 33.4 Å². The number of likely N-dealkylation sites (tertiary alicyclic amines) is 1. The first kappa shape index (κ1) is 17.0. The van der Waals surface area contributed by atoms with Crippen molar-refractivity contribution < 1.29 is 4.79 Å². The first-order valence-corrected chi connectivity index (χ1v) is 9.24. The number of hydrogen-bond acceptors (Lipinski definition) is 4. The van der Waals surface area contributed by atoms with Crippen molar-refractivity contribution in [1.82, 2.24) is 14.9 Å². The van der Waals surface area contributed by atoms with Crippen molar-refractivity contribution in [3.8, 4) is 11.1 Å². The summed E-state index contributed by atoms with van der Waals surface area (Å²) in [4.78, 5) is 23.5. The molecule has 5 nitrogen and oxygen atoms in total. The van der Waals surface area contributed by atoms with Gasteiger partial charge in [0.15, 0.2) is 0 Å². The summed E-state index contributed by atoms with van der Waals surface area (Å²) in [7, 11) is 0. The molecule has 26 heavy (non-hydrogen) atoms.